The molecule has 0 unspecified atom stereocenters. The maximum Gasteiger partial charge on any atom is 0.169 e. The van der Waals surface area contributed by atoms with Crippen LogP contribution in [0.25, 0.3) is 11.4 Å². The smallest absolute Gasteiger partial charge is 0.169 e. The zero-order chi connectivity index (χ0) is 15.5. The van der Waals surface area contributed by atoms with Crippen molar-refractivity contribution in [3.05, 3.63) is 47.7 Å². The number of anilines is 1. The Morgan fingerprint density at radius 2 is 1.95 bits per heavy atom. The largest absolute Gasteiger partial charge is 0.507 e. The number of aryl methyl sites for hydroxylation is 2. The number of phenols is 1. The minimum Gasteiger partial charge on any atom is -0.507 e. The van der Waals surface area contributed by atoms with E-state index in [2.05, 4.69) is 30.5 Å². The van der Waals surface area contributed by atoms with E-state index in [-0.39, 0.29) is 5.75 Å². The van der Waals surface area contributed by atoms with Crippen LogP contribution in [-0.2, 0) is 6.54 Å². The fourth-order valence-electron chi connectivity index (χ4n) is 2.08. The number of aromatic hydroxyl groups is 1. The number of hydrogen-bond donors (Lipinski definition) is 3. The lowest BCUT2D eigenvalue weighted by molar-refractivity contribution is 0.477. The summed E-state index contributed by atoms with van der Waals surface area (Å²) in [5, 5.41) is 20.0. The molecule has 2 aromatic heterocycles. The summed E-state index contributed by atoms with van der Waals surface area (Å²) in [7, 11) is 0. The molecule has 0 bridgehead atoms. The van der Waals surface area contributed by atoms with Gasteiger partial charge in [-0.15, -0.1) is 0 Å². The highest BCUT2D eigenvalue weighted by Gasteiger charge is 2.09. The molecule has 0 aliphatic heterocycles. The molecule has 0 saturated carbocycles. The zero-order valence-corrected chi connectivity index (χ0v) is 12.3. The predicted molar refractivity (Wildman–Crippen MR) is 82.3 cm³/mol. The first-order valence-corrected chi connectivity index (χ1v) is 6.87. The topological polar surface area (TPSA) is 99.6 Å². The predicted octanol–water partition coefficient (Wildman–Crippen LogP) is 2.20. The summed E-state index contributed by atoms with van der Waals surface area (Å²) in [6.45, 7) is 4.19. The van der Waals surface area contributed by atoms with E-state index in [1.54, 1.807) is 18.2 Å². The molecule has 0 spiro atoms. The average Bonchev–Trinajstić information content (AvgIpc) is 2.91. The van der Waals surface area contributed by atoms with Gasteiger partial charge in [0.05, 0.1) is 12.1 Å². The molecule has 7 nitrogen and oxygen atoms in total. The van der Waals surface area contributed by atoms with Gasteiger partial charge >= 0.3 is 0 Å². The molecule has 1 aromatic carbocycles. The lowest BCUT2D eigenvalue weighted by Gasteiger charge is -2.08. The van der Waals surface area contributed by atoms with Crippen molar-refractivity contribution in [1.29, 1.82) is 0 Å². The number of nitrogens with zero attached hydrogens (tertiary/aromatic N) is 4. The second-order valence-electron chi connectivity index (χ2n) is 4.93. The molecule has 3 aromatic rings. The van der Waals surface area contributed by atoms with E-state index in [4.69, 9.17) is 0 Å². The molecule has 0 radical (unpaired) electrons. The Balaban J connectivity index is 1.85. The maximum atomic E-state index is 9.93. The molecule has 22 heavy (non-hydrogen) atoms. The van der Waals surface area contributed by atoms with E-state index >= 15 is 0 Å². The van der Waals surface area contributed by atoms with Crippen LogP contribution in [0, 0.1) is 13.8 Å². The van der Waals surface area contributed by atoms with E-state index in [0.29, 0.717) is 29.6 Å². The van der Waals surface area contributed by atoms with Gasteiger partial charge in [0.1, 0.15) is 17.4 Å². The first-order valence-electron chi connectivity index (χ1n) is 6.87. The summed E-state index contributed by atoms with van der Waals surface area (Å²) in [4.78, 5) is 13.0. The van der Waals surface area contributed by atoms with Crippen molar-refractivity contribution < 1.29 is 5.11 Å². The van der Waals surface area contributed by atoms with Crippen molar-refractivity contribution in [2.45, 2.75) is 20.4 Å². The highest BCUT2D eigenvalue weighted by atomic mass is 16.3. The summed E-state index contributed by atoms with van der Waals surface area (Å²) in [6.07, 6.45) is 0. The third-order valence-electron chi connectivity index (χ3n) is 3.07. The first-order chi connectivity index (χ1) is 10.6. The van der Waals surface area contributed by atoms with Crippen LogP contribution in [0.1, 0.15) is 17.3 Å². The first kappa shape index (κ1) is 14.0. The third kappa shape index (κ3) is 3.03. The summed E-state index contributed by atoms with van der Waals surface area (Å²) < 4.78 is 0. The SMILES string of the molecule is Cc1cc(NCc2n[nH]c(C)n2)nc(-c2ccccc2O)n1. The van der Waals surface area contributed by atoms with Crippen molar-refractivity contribution in [2.75, 3.05) is 5.32 Å². The number of phenolic OH excluding ortho intramolecular Hbond substituents is 1. The van der Waals surface area contributed by atoms with E-state index in [1.165, 1.54) is 0 Å². The van der Waals surface area contributed by atoms with Crippen LogP contribution >= 0.6 is 0 Å². The van der Waals surface area contributed by atoms with Crippen LogP contribution < -0.4 is 5.32 Å². The molecule has 0 amide bonds. The number of rotatable bonds is 4. The number of H-pyrrole nitrogens is 1. The Bertz CT molecular complexity index is 798. The van der Waals surface area contributed by atoms with Crippen LogP contribution in [0.3, 0.4) is 0 Å². The summed E-state index contributed by atoms with van der Waals surface area (Å²) >= 11 is 0. The van der Waals surface area contributed by atoms with Crippen LogP contribution in [0.5, 0.6) is 5.75 Å². The molecule has 3 rings (SSSR count). The fourth-order valence-corrected chi connectivity index (χ4v) is 2.08. The number of nitrogens with one attached hydrogen (secondary N) is 2. The highest BCUT2D eigenvalue weighted by Crippen LogP contribution is 2.26. The van der Waals surface area contributed by atoms with Gasteiger partial charge in [0.15, 0.2) is 11.6 Å². The van der Waals surface area contributed by atoms with Gasteiger partial charge in [-0.3, -0.25) is 5.10 Å². The third-order valence-corrected chi connectivity index (χ3v) is 3.07. The highest BCUT2D eigenvalue weighted by molar-refractivity contribution is 5.64. The van der Waals surface area contributed by atoms with E-state index in [1.807, 2.05) is 26.0 Å². The molecule has 0 atom stereocenters. The molecule has 0 aliphatic rings. The van der Waals surface area contributed by atoms with Gasteiger partial charge in [0.2, 0.25) is 0 Å². The molecule has 0 aliphatic carbocycles. The second kappa shape index (κ2) is 5.80. The summed E-state index contributed by atoms with van der Waals surface area (Å²) in [6, 6.07) is 8.84. The lowest BCUT2D eigenvalue weighted by atomic mass is 10.2. The van der Waals surface area contributed by atoms with Gasteiger partial charge in [-0.25, -0.2) is 15.0 Å². The molecular weight excluding hydrogens is 280 g/mol. The van der Waals surface area contributed by atoms with Crippen LogP contribution in [-0.4, -0.2) is 30.3 Å². The Hall–Kier alpha value is -2.96. The van der Waals surface area contributed by atoms with Gasteiger partial charge in [-0.05, 0) is 26.0 Å². The summed E-state index contributed by atoms with van der Waals surface area (Å²) in [5.74, 6) is 2.73. The van der Waals surface area contributed by atoms with Gasteiger partial charge < -0.3 is 10.4 Å². The van der Waals surface area contributed by atoms with E-state index in [0.717, 1.165) is 11.5 Å². The minimum atomic E-state index is 0.156. The zero-order valence-electron chi connectivity index (χ0n) is 12.3. The molecule has 0 saturated heterocycles. The van der Waals surface area contributed by atoms with Gasteiger partial charge in [-0.2, -0.15) is 5.10 Å². The van der Waals surface area contributed by atoms with Crippen molar-refractivity contribution >= 4 is 5.82 Å². The number of aromatic nitrogens is 5. The van der Waals surface area contributed by atoms with Gasteiger partial charge in [0, 0.05) is 11.8 Å². The van der Waals surface area contributed by atoms with Crippen molar-refractivity contribution in [1.82, 2.24) is 25.1 Å². The van der Waals surface area contributed by atoms with Gasteiger partial charge in [0.25, 0.3) is 0 Å². The van der Waals surface area contributed by atoms with Crippen LogP contribution in [0.15, 0.2) is 30.3 Å². The number of benzene rings is 1. The average molecular weight is 296 g/mol. The molecule has 0 fully saturated rings. The molecule has 7 heteroatoms. The number of para-hydroxylation sites is 1. The fraction of sp³-hybridized carbons (Fsp3) is 0.200. The summed E-state index contributed by atoms with van der Waals surface area (Å²) in [5.41, 5.74) is 1.41. The Kier molecular flexibility index (Phi) is 3.69. The van der Waals surface area contributed by atoms with Crippen molar-refractivity contribution in [3.8, 4) is 17.1 Å². The normalized spacial score (nSPS) is 10.6. The van der Waals surface area contributed by atoms with Crippen LogP contribution in [0.4, 0.5) is 5.82 Å². The molecule has 112 valence electrons. The van der Waals surface area contributed by atoms with Gasteiger partial charge in [-0.1, -0.05) is 12.1 Å². The van der Waals surface area contributed by atoms with E-state index < -0.39 is 0 Å². The monoisotopic (exact) mass is 296 g/mol. The molecule has 2 heterocycles. The standard InChI is InChI=1S/C15H16N6O/c1-9-7-13(16-8-14-18-10(2)20-21-14)19-15(17-9)11-5-3-4-6-12(11)22/h3-7,22H,8H2,1-2H3,(H,16,17,19)(H,18,20,21). The van der Waals surface area contributed by atoms with E-state index in [9.17, 15) is 5.11 Å². The van der Waals surface area contributed by atoms with Crippen LogP contribution in [0.2, 0.25) is 0 Å². The minimum absolute atomic E-state index is 0.156. The van der Waals surface area contributed by atoms with Crippen molar-refractivity contribution in [3.63, 3.8) is 0 Å². The molecular formula is C15H16N6O. The number of hydrogen-bond acceptors (Lipinski definition) is 6. The quantitative estimate of drug-likeness (QED) is 0.682. The Morgan fingerprint density at radius 1 is 1.14 bits per heavy atom. The Morgan fingerprint density at radius 3 is 2.68 bits per heavy atom. The van der Waals surface area contributed by atoms with Crippen molar-refractivity contribution in [2.24, 2.45) is 0 Å². The Labute approximate surface area is 127 Å². The molecule has 3 N–H and O–H groups in total. The second-order valence-corrected chi connectivity index (χ2v) is 4.93. The lowest BCUT2D eigenvalue weighted by Crippen LogP contribution is -2.05. The maximum absolute atomic E-state index is 9.93. The number of aromatic amines is 1.